The van der Waals surface area contributed by atoms with Gasteiger partial charge in [0.15, 0.2) is 0 Å². The summed E-state index contributed by atoms with van der Waals surface area (Å²) in [5.41, 5.74) is 1.25. The van der Waals surface area contributed by atoms with Crippen LogP contribution in [0.15, 0.2) is 36.9 Å². The lowest BCUT2D eigenvalue weighted by Gasteiger charge is -2.12. The summed E-state index contributed by atoms with van der Waals surface area (Å²) in [7, 11) is 0. The highest BCUT2D eigenvalue weighted by atomic mass is 127. The number of halogens is 1. The standard InChI is InChI=1S/C13H15IO/c1-3-6-11(10(2)15)9-12-7-4-5-8-13(12)14/h3-5,7-8,11H,1,6,9H2,2H3. The number of rotatable bonds is 5. The van der Waals surface area contributed by atoms with E-state index < -0.39 is 0 Å². The van der Waals surface area contributed by atoms with Crippen molar-refractivity contribution >= 4 is 28.4 Å². The van der Waals surface area contributed by atoms with Crippen molar-refractivity contribution in [2.45, 2.75) is 19.8 Å². The van der Waals surface area contributed by atoms with Crippen molar-refractivity contribution in [3.63, 3.8) is 0 Å². The highest BCUT2D eigenvalue weighted by Crippen LogP contribution is 2.18. The highest BCUT2D eigenvalue weighted by Gasteiger charge is 2.14. The second kappa shape index (κ2) is 6.05. The van der Waals surface area contributed by atoms with Gasteiger partial charge < -0.3 is 0 Å². The van der Waals surface area contributed by atoms with E-state index in [4.69, 9.17) is 0 Å². The first-order valence-corrected chi connectivity index (χ1v) is 6.07. The van der Waals surface area contributed by atoms with Crippen molar-refractivity contribution in [1.29, 1.82) is 0 Å². The van der Waals surface area contributed by atoms with Gasteiger partial charge in [0.2, 0.25) is 0 Å². The van der Waals surface area contributed by atoms with Gasteiger partial charge in [0.25, 0.3) is 0 Å². The number of carbonyl (C=O) groups excluding carboxylic acids is 1. The Morgan fingerprint density at radius 3 is 2.73 bits per heavy atom. The van der Waals surface area contributed by atoms with Gasteiger partial charge in [-0.25, -0.2) is 0 Å². The van der Waals surface area contributed by atoms with E-state index in [2.05, 4.69) is 41.3 Å². The van der Waals surface area contributed by atoms with Crippen LogP contribution in [0.25, 0.3) is 0 Å². The molecule has 80 valence electrons. The summed E-state index contributed by atoms with van der Waals surface area (Å²) >= 11 is 2.31. The number of hydrogen-bond acceptors (Lipinski definition) is 1. The van der Waals surface area contributed by atoms with Crippen LogP contribution in [-0.2, 0) is 11.2 Å². The number of allylic oxidation sites excluding steroid dienone is 1. The van der Waals surface area contributed by atoms with Crippen LogP contribution in [0, 0.1) is 9.49 Å². The molecule has 0 aliphatic rings. The number of hydrogen-bond donors (Lipinski definition) is 0. The summed E-state index contributed by atoms with van der Waals surface area (Å²) < 4.78 is 1.23. The largest absolute Gasteiger partial charge is 0.300 e. The number of carbonyl (C=O) groups is 1. The van der Waals surface area contributed by atoms with Crippen molar-refractivity contribution < 1.29 is 4.79 Å². The van der Waals surface area contributed by atoms with Crippen LogP contribution in [0.3, 0.4) is 0 Å². The summed E-state index contributed by atoms with van der Waals surface area (Å²) in [4.78, 5) is 11.4. The minimum atomic E-state index is 0.0819. The van der Waals surface area contributed by atoms with Gasteiger partial charge in [-0.3, -0.25) is 4.79 Å². The lowest BCUT2D eigenvalue weighted by Crippen LogP contribution is -2.13. The molecule has 0 amide bonds. The molecule has 0 saturated carbocycles. The maximum absolute atomic E-state index is 11.4. The minimum Gasteiger partial charge on any atom is -0.300 e. The third-order valence-electron chi connectivity index (χ3n) is 2.45. The van der Waals surface area contributed by atoms with Crippen LogP contribution in [0.1, 0.15) is 18.9 Å². The molecule has 0 aromatic heterocycles. The van der Waals surface area contributed by atoms with E-state index in [0.29, 0.717) is 0 Å². The van der Waals surface area contributed by atoms with E-state index in [0.717, 1.165) is 12.8 Å². The second-order valence-corrected chi connectivity index (χ2v) is 4.79. The Morgan fingerprint density at radius 1 is 1.53 bits per heavy atom. The van der Waals surface area contributed by atoms with Crippen molar-refractivity contribution in [3.05, 3.63) is 46.1 Å². The molecule has 0 aliphatic carbocycles. The lowest BCUT2D eigenvalue weighted by molar-refractivity contribution is -0.120. The van der Waals surface area contributed by atoms with E-state index in [9.17, 15) is 4.79 Å². The van der Waals surface area contributed by atoms with Crippen LogP contribution >= 0.6 is 22.6 Å². The zero-order valence-electron chi connectivity index (χ0n) is 8.87. The molecule has 1 unspecified atom stereocenters. The third kappa shape index (κ3) is 3.78. The molecule has 0 spiro atoms. The molecule has 1 rings (SSSR count). The number of benzene rings is 1. The van der Waals surface area contributed by atoms with E-state index >= 15 is 0 Å². The van der Waals surface area contributed by atoms with Gasteiger partial charge in [0.05, 0.1) is 0 Å². The fourth-order valence-electron chi connectivity index (χ4n) is 1.52. The average Bonchev–Trinajstić information content (AvgIpc) is 2.20. The van der Waals surface area contributed by atoms with Gasteiger partial charge in [-0.15, -0.1) is 6.58 Å². The maximum Gasteiger partial charge on any atom is 0.133 e. The smallest absolute Gasteiger partial charge is 0.133 e. The first-order valence-electron chi connectivity index (χ1n) is 5.00. The van der Waals surface area contributed by atoms with E-state index in [1.165, 1.54) is 9.13 Å². The van der Waals surface area contributed by atoms with Crippen molar-refractivity contribution in [3.8, 4) is 0 Å². The summed E-state index contributed by atoms with van der Waals surface area (Å²) in [5, 5.41) is 0. The van der Waals surface area contributed by atoms with Crippen LogP contribution < -0.4 is 0 Å². The van der Waals surface area contributed by atoms with Gasteiger partial charge in [0, 0.05) is 9.49 Å². The summed E-state index contributed by atoms with van der Waals surface area (Å²) in [6.45, 7) is 5.35. The molecule has 15 heavy (non-hydrogen) atoms. The Kier molecular flexibility index (Phi) is 5.02. The Balaban J connectivity index is 2.78. The number of ketones is 1. The molecule has 1 atom stereocenters. The Labute approximate surface area is 105 Å². The van der Waals surface area contributed by atoms with E-state index in [1.54, 1.807) is 6.92 Å². The molecular formula is C13H15IO. The summed E-state index contributed by atoms with van der Waals surface area (Å²) in [5.74, 6) is 0.327. The second-order valence-electron chi connectivity index (χ2n) is 3.63. The minimum absolute atomic E-state index is 0.0819. The average molecular weight is 314 g/mol. The molecule has 0 saturated heterocycles. The van der Waals surface area contributed by atoms with Crippen LogP contribution in [0.4, 0.5) is 0 Å². The first kappa shape index (κ1) is 12.4. The molecule has 0 fully saturated rings. The highest BCUT2D eigenvalue weighted by molar-refractivity contribution is 14.1. The third-order valence-corrected chi connectivity index (χ3v) is 3.50. The van der Waals surface area contributed by atoms with Crippen molar-refractivity contribution in [2.75, 3.05) is 0 Å². The van der Waals surface area contributed by atoms with Crippen LogP contribution in [0.2, 0.25) is 0 Å². The molecule has 0 bridgehead atoms. The van der Waals surface area contributed by atoms with Gasteiger partial charge in [-0.2, -0.15) is 0 Å². The summed E-state index contributed by atoms with van der Waals surface area (Å²) in [6, 6.07) is 8.19. The molecule has 1 aromatic carbocycles. The predicted molar refractivity (Wildman–Crippen MR) is 71.8 cm³/mol. The topological polar surface area (TPSA) is 17.1 Å². The summed E-state index contributed by atoms with van der Waals surface area (Å²) in [6.07, 6.45) is 3.41. The molecule has 0 aliphatic heterocycles. The lowest BCUT2D eigenvalue weighted by atomic mass is 9.93. The molecule has 0 N–H and O–H groups in total. The SMILES string of the molecule is C=CCC(Cc1ccccc1I)C(C)=O. The Bertz CT molecular complexity index is 357. The number of Topliss-reactive ketones (excluding diaryl/α,β-unsaturated/α-hetero) is 1. The van der Waals surface area contributed by atoms with E-state index in [1.807, 2.05) is 18.2 Å². The fraction of sp³-hybridized carbons (Fsp3) is 0.308. The first-order chi connectivity index (χ1) is 7.15. The molecular weight excluding hydrogens is 299 g/mol. The fourth-order valence-corrected chi connectivity index (χ4v) is 2.13. The van der Waals surface area contributed by atoms with Crippen LogP contribution in [0.5, 0.6) is 0 Å². The van der Waals surface area contributed by atoms with Gasteiger partial charge in [-0.05, 0) is 54.0 Å². The Morgan fingerprint density at radius 2 is 2.20 bits per heavy atom. The molecule has 1 aromatic rings. The van der Waals surface area contributed by atoms with Crippen molar-refractivity contribution in [1.82, 2.24) is 0 Å². The van der Waals surface area contributed by atoms with Gasteiger partial charge >= 0.3 is 0 Å². The van der Waals surface area contributed by atoms with Crippen molar-refractivity contribution in [2.24, 2.45) is 5.92 Å². The van der Waals surface area contributed by atoms with E-state index in [-0.39, 0.29) is 11.7 Å². The van der Waals surface area contributed by atoms with Crippen LogP contribution in [-0.4, -0.2) is 5.78 Å². The molecule has 0 radical (unpaired) electrons. The zero-order valence-corrected chi connectivity index (χ0v) is 11.0. The van der Waals surface area contributed by atoms with Gasteiger partial charge in [-0.1, -0.05) is 24.3 Å². The quantitative estimate of drug-likeness (QED) is 0.599. The normalized spacial score (nSPS) is 12.1. The monoisotopic (exact) mass is 314 g/mol. The van der Waals surface area contributed by atoms with Gasteiger partial charge in [0.1, 0.15) is 5.78 Å². The molecule has 0 heterocycles. The molecule has 1 nitrogen and oxygen atoms in total. The molecule has 2 heteroatoms. The predicted octanol–water partition coefficient (Wildman–Crippen LogP) is 3.62. The Hall–Kier alpha value is -0.640. The zero-order chi connectivity index (χ0) is 11.3. The maximum atomic E-state index is 11.4.